The van der Waals surface area contributed by atoms with Crippen molar-refractivity contribution < 1.29 is 18.3 Å². The first-order chi connectivity index (χ1) is 13.9. The van der Waals surface area contributed by atoms with Crippen LogP contribution in [-0.2, 0) is 4.79 Å². The Hall–Kier alpha value is -2.87. The molecule has 2 aromatic carbocycles. The Morgan fingerprint density at radius 1 is 1.14 bits per heavy atom. The van der Waals surface area contributed by atoms with Crippen molar-refractivity contribution in [1.29, 1.82) is 0 Å². The van der Waals surface area contributed by atoms with Gasteiger partial charge in [-0.2, -0.15) is 8.78 Å². The van der Waals surface area contributed by atoms with Gasteiger partial charge in [0.15, 0.2) is 5.17 Å². The van der Waals surface area contributed by atoms with Crippen LogP contribution in [0.4, 0.5) is 20.2 Å². The third-order valence-corrected chi connectivity index (χ3v) is 4.96. The Kier molecular flexibility index (Phi) is 6.53. The summed E-state index contributed by atoms with van der Waals surface area (Å²) in [6.45, 7) is -0.924. The fraction of sp³-hybridized carbons (Fsp3) is 0.238. The van der Waals surface area contributed by atoms with Crippen molar-refractivity contribution in [3.63, 3.8) is 0 Å². The molecular formula is C21H21F2N3O2S. The fourth-order valence-electron chi connectivity index (χ4n) is 2.75. The number of carbonyl (C=O) groups is 1. The van der Waals surface area contributed by atoms with Crippen molar-refractivity contribution in [2.45, 2.75) is 13.5 Å². The van der Waals surface area contributed by atoms with Crippen LogP contribution in [0.1, 0.15) is 12.5 Å². The molecule has 29 heavy (non-hydrogen) atoms. The fourth-order valence-corrected chi connectivity index (χ4v) is 3.49. The Bertz CT molecular complexity index is 926. The minimum atomic E-state index is -2.89. The van der Waals surface area contributed by atoms with E-state index >= 15 is 0 Å². The van der Waals surface area contributed by atoms with Crippen LogP contribution >= 0.6 is 11.8 Å². The highest BCUT2D eigenvalue weighted by atomic mass is 32.2. The number of hydrogen-bond acceptors (Lipinski definition) is 5. The highest BCUT2D eigenvalue weighted by molar-refractivity contribution is 8.14. The minimum absolute atomic E-state index is 0.0359. The van der Waals surface area contributed by atoms with Gasteiger partial charge in [-0.25, -0.2) is 4.99 Å². The van der Waals surface area contributed by atoms with Gasteiger partial charge in [-0.1, -0.05) is 30.8 Å². The first-order valence-electron chi connectivity index (χ1n) is 8.99. The lowest BCUT2D eigenvalue weighted by Gasteiger charge is -2.17. The van der Waals surface area contributed by atoms with E-state index in [9.17, 15) is 13.6 Å². The van der Waals surface area contributed by atoms with Gasteiger partial charge < -0.3 is 9.64 Å². The van der Waals surface area contributed by atoms with Gasteiger partial charge in [-0.3, -0.25) is 9.69 Å². The monoisotopic (exact) mass is 417 g/mol. The molecule has 2 aromatic rings. The van der Waals surface area contributed by atoms with Gasteiger partial charge in [-0.05, 0) is 53.8 Å². The van der Waals surface area contributed by atoms with Crippen molar-refractivity contribution >= 4 is 40.3 Å². The van der Waals surface area contributed by atoms with Gasteiger partial charge in [0.25, 0.3) is 5.91 Å². The first kappa shape index (κ1) is 20.9. The number of carbonyl (C=O) groups excluding carboxylic acids is 1. The minimum Gasteiger partial charge on any atom is -0.435 e. The van der Waals surface area contributed by atoms with E-state index in [0.717, 1.165) is 17.0 Å². The van der Waals surface area contributed by atoms with Crippen LogP contribution in [-0.4, -0.2) is 37.5 Å². The second kappa shape index (κ2) is 9.09. The molecule has 3 rings (SSSR count). The quantitative estimate of drug-likeness (QED) is 0.631. The van der Waals surface area contributed by atoms with E-state index in [4.69, 9.17) is 0 Å². The number of ether oxygens (including phenoxy) is 1. The van der Waals surface area contributed by atoms with E-state index in [1.165, 1.54) is 28.8 Å². The van der Waals surface area contributed by atoms with Gasteiger partial charge in [0.05, 0.1) is 5.69 Å². The lowest BCUT2D eigenvalue weighted by Crippen LogP contribution is -2.30. The van der Waals surface area contributed by atoms with Crippen LogP contribution in [0.15, 0.2) is 59.2 Å². The molecule has 1 aliphatic heterocycles. The molecule has 0 fully saturated rings. The van der Waals surface area contributed by atoms with Crippen LogP contribution < -0.4 is 14.5 Å². The van der Waals surface area contributed by atoms with Crippen molar-refractivity contribution in [1.82, 2.24) is 0 Å². The van der Waals surface area contributed by atoms with Gasteiger partial charge in [-0.15, -0.1) is 0 Å². The molecule has 1 heterocycles. The smallest absolute Gasteiger partial charge is 0.387 e. The number of benzene rings is 2. The number of amides is 1. The summed E-state index contributed by atoms with van der Waals surface area (Å²) in [5.41, 5.74) is 2.79. The standard InChI is InChI=1S/C21H21F2N3O2S/c1-4-29-21-24-18(13-14-5-7-15(8-6-14)25(2)3)19(27)26(21)16-9-11-17(12-10-16)28-20(22)23/h5-13,20H,4H2,1-3H3/b18-13-. The van der Waals surface area contributed by atoms with E-state index in [2.05, 4.69) is 9.73 Å². The van der Waals surface area contributed by atoms with Gasteiger partial charge in [0.1, 0.15) is 11.4 Å². The first-order valence-corrected chi connectivity index (χ1v) is 9.97. The second-order valence-corrected chi connectivity index (χ2v) is 7.59. The summed E-state index contributed by atoms with van der Waals surface area (Å²) < 4.78 is 29.1. The molecular weight excluding hydrogens is 396 g/mol. The van der Waals surface area contributed by atoms with Crippen LogP contribution in [0, 0.1) is 0 Å². The molecule has 1 aliphatic rings. The predicted octanol–water partition coefficient (Wildman–Crippen LogP) is 4.85. The summed E-state index contributed by atoms with van der Waals surface area (Å²) in [7, 11) is 3.92. The van der Waals surface area contributed by atoms with E-state index in [0.29, 0.717) is 16.6 Å². The summed E-state index contributed by atoms with van der Waals surface area (Å²) >= 11 is 1.44. The largest absolute Gasteiger partial charge is 0.435 e. The van der Waals surface area contributed by atoms with Gasteiger partial charge in [0.2, 0.25) is 0 Å². The van der Waals surface area contributed by atoms with Crippen LogP contribution in [0.25, 0.3) is 6.08 Å². The third kappa shape index (κ3) is 4.95. The summed E-state index contributed by atoms with van der Waals surface area (Å²) in [6.07, 6.45) is 1.74. The number of halogens is 2. The van der Waals surface area contributed by atoms with Crippen LogP contribution in [0.3, 0.4) is 0 Å². The molecule has 0 N–H and O–H groups in total. The molecule has 0 spiro atoms. The second-order valence-electron chi connectivity index (χ2n) is 6.36. The van der Waals surface area contributed by atoms with E-state index in [1.54, 1.807) is 18.2 Å². The van der Waals surface area contributed by atoms with E-state index < -0.39 is 6.61 Å². The lowest BCUT2D eigenvalue weighted by atomic mass is 10.1. The van der Waals surface area contributed by atoms with Crippen LogP contribution in [0.2, 0.25) is 0 Å². The summed E-state index contributed by atoms with van der Waals surface area (Å²) in [5, 5.41) is 0.552. The zero-order chi connectivity index (χ0) is 21.0. The van der Waals surface area contributed by atoms with Gasteiger partial charge >= 0.3 is 6.61 Å². The highest BCUT2D eigenvalue weighted by Gasteiger charge is 2.31. The van der Waals surface area contributed by atoms with Crippen molar-refractivity contribution in [2.24, 2.45) is 4.99 Å². The Morgan fingerprint density at radius 3 is 2.34 bits per heavy atom. The average Bonchev–Trinajstić information content (AvgIpc) is 2.98. The maximum Gasteiger partial charge on any atom is 0.387 e. The topological polar surface area (TPSA) is 45.1 Å². The maximum absolute atomic E-state index is 13.0. The molecule has 0 bridgehead atoms. The van der Waals surface area contributed by atoms with Crippen molar-refractivity contribution in [3.8, 4) is 5.75 Å². The summed E-state index contributed by atoms with van der Waals surface area (Å²) in [5.74, 6) is 0.508. The number of aliphatic imine (C=N–C) groups is 1. The Balaban J connectivity index is 1.87. The molecule has 1 amide bonds. The Morgan fingerprint density at radius 2 is 1.79 bits per heavy atom. The molecule has 5 nitrogen and oxygen atoms in total. The number of thioether (sulfide) groups is 1. The summed E-state index contributed by atoms with van der Waals surface area (Å²) in [4.78, 5) is 21.0. The predicted molar refractivity (Wildman–Crippen MR) is 115 cm³/mol. The number of rotatable bonds is 6. The van der Waals surface area contributed by atoms with Crippen molar-refractivity contribution in [3.05, 3.63) is 59.8 Å². The Labute approximate surface area is 172 Å². The zero-order valence-corrected chi connectivity index (χ0v) is 17.1. The molecule has 152 valence electrons. The maximum atomic E-state index is 13.0. The average molecular weight is 417 g/mol. The number of amidine groups is 1. The SMILES string of the molecule is CCSC1=N/C(=C\c2ccc(N(C)C)cc2)C(=O)N1c1ccc(OC(F)F)cc1. The molecule has 0 unspecified atom stereocenters. The van der Waals surface area contributed by atoms with E-state index in [1.807, 2.05) is 50.2 Å². The molecule has 0 saturated carbocycles. The van der Waals surface area contributed by atoms with E-state index in [-0.39, 0.29) is 11.7 Å². The third-order valence-electron chi connectivity index (χ3n) is 4.14. The molecule has 0 atom stereocenters. The number of hydrogen-bond donors (Lipinski definition) is 0. The molecule has 0 radical (unpaired) electrons. The normalized spacial score (nSPS) is 15.2. The van der Waals surface area contributed by atoms with Crippen LogP contribution in [0.5, 0.6) is 5.75 Å². The number of anilines is 2. The van der Waals surface area contributed by atoms with Gasteiger partial charge in [0, 0.05) is 19.8 Å². The molecule has 0 saturated heterocycles. The number of alkyl halides is 2. The van der Waals surface area contributed by atoms with Crippen molar-refractivity contribution in [2.75, 3.05) is 29.6 Å². The highest BCUT2D eigenvalue weighted by Crippen LogP contribution is 2.31. The number of nitrogens with zero attached hydrogens (tertiary/aromatic N) is 3. The molecule has 0 aromatic heterocycles. The lowest BCUT2D eigenvalue weighted by molar-refractivity contribution is -0.113. The molecule has 0 aliphatic carbocycles. The summed E-state index contributed by atoms with van der Waals surface area (Å²) in [6, 6.07) is 13.7. The molecule has 8 heteroatoms. The zero-order valence-electron chi connectivity index (χ0n) is 16.3.